The topological polar surface area (TPSA) is 237 Å². The minimum absolute atomic E-state index is 0.101. The molecular weight excluding hydrogens is 1140 g/mol. The van der Waals surface area contributed by atoms with Crippen molar-refractivity contribution in [3.05, 3.63) is 0 Å². The van der Waals surface area contributed by atoms with E-state index in [0.29, 0.717) is 31.6 Å². The zero-order valence-electron chi connectivity index (χ0n) is 55.9. The fourth-order valence-electron chi connectivity index (χ4n) is 9.93. The summed E-state index contributed by atoms with van der Waals surface area (Å²) in [4.78, 5) is 72.3. The first-order valence-electron chi connectivity index (χ1n) is 34.7. The maximum Gasteiger partial charge on any atom is 0.472 e. The third kappa shape index (κ3) is 59.7. The standard InChI is InChI=1S/C67H130O17P2/c1-9-60(8)46-38-30-24-26-32-40-48-65(70)78-54-63(84-67(72)50-42-34-25-23-29-37-45-59(6)7)56-82-86(75,76)80-52-61(68)51-79-85(73,74)81-55-62(83-66(71)49-41-33-22-18-14-16-20-28-36-44-58(4)5)53-77-64(69)47-39-31-21-17-13-11-10-12-15-19-27-35-43-57(2)3/h57-63,68H,9-56H2,1-8H3,(H,73,74)(H,75,76)/t60?,61-,62-,63-/m1/s1. The van der Waals surface area contributed by atoms with Gasteiger partial charge in [-0.05, 0) is 49.4 Å². The van der Waals surface area contributed by atoms with Gasteiger partial charge in [0.25, 0.3) is 0 Å². The second-order valence-electron chi connectivity index (χ2n) is 25.9. The zero-order chi connectivity index (χ0) is 63.9. The van der Waals surface area contributed by atoms with Crippen LogP contribution < -0.4 is 0 Å². The molecule has 17 nitrogen and oxygen atoms in total. The molecule has 19 heteroatoms. The van der Waals surface area contributed by atoms with E-state index in [0.717, 1.165) is 114 Å². The van der Waals surface area contributed by atoms with Crippen LogP contribution in [0.25, 0.3) is 0 Å². The summed E-state index contributed by atoms with van der Waals surface area (Å²) in [7, 11) is -9.89. The normalized spacial score (nSPS) is 14.7. The molecule has 6 atom stereocenters. The Morgan fingerprint density at radius 1 is 0.326 bits per heavy atom. The van der Waals surface area contributed by atoms with Gasteiger partial charge in [0.2, 0.25) is 0 Å². The average Bonchev–Trinajstić information content (AvgIpc) is 3.68. The molecule has 0 radical (unpaired) electrons. The third-order valence-corrected chi connectivity index (χ3v) is 17.6. The average molecular weight is 1270 g/mol. The molecule has 0 amide bonds. The van der Waals surface area contributed by atoms with E-state index in [9.17, 15) is 43.2 Å². The fraction of sp³-hybridized carbons (Fsp3) is 0.940. The van der Waals surface area contributed by atoms with Gasteiger partial charge in [-0.25, -0.2) is 9.13 Å². The van der Waals surface area contributed by atoms with Gasteiger partial charge in [-0.3, -0.25) is 37.3 Å². The lowest BCUT2D eigenvalue weighted by Crippen LogP contribution is -2.30. The molecular formula is C67H130O17P2. The number of hydrogen-bond donors (Lipinski definition) is 3. The van der Waals surface area contributed by atoms with Crippen LogP contribution in [0.2, 0.25) is 0 Å². The van der Waals surface area contributed by atoms with E-state index in [4.69, 9.17) is 37.0 Å². The van der Waals surface area contributed by atoms with Crippen molar-refractivity contribution in [1.82, 2.24) is 0 Å². The van der Waals surface area contributed by atoms with Gasteiger partial charge in [-0.15, -0.1) is 0 Å². The van der Waals surface area contributed by atoms with Crippen molar-refractivity contribution in [3.63, 3.8) is 0 Å². The summed E-state index contributed by atoms with van der Waals surface area (Å²) in [6.07, 6.45) is 37.8. The van der Waals surface area contributed by atoms with Crippen LogP contribution in [-0.4, -0.2) is 96.7 Å². The number of phosphoric ester groups is 2. The molecule has 510 valence electrons. The molecule has 0 saturated heterocycles. The second kappa shape index (κ2) is 57.0. The van der Waals surface area contributed by atoms with Crippen LogP contribution in [0.4, 0.5) is 0 Å². The molecule has 0 fully saturated rings. The minimum atomic E-state index is -4.95. The Morgan fingerprint density at radius 2 is 0.558 bits per heavy atom. The van der Waals surface area contributed by atoms with Gasteiger partial charge in [-0.1, -0.05) is 274 Å². The van der Waals surface area contributed by atoms with Gasteiger partial charge in [0.1, 0.15) is 19.3 Å². The molecule has 0 aromatic carbocycles. The second-order valence-corrected chi connectivity index (χ2v) is 28.8. The van der Waals surface area contributed by atoms with E-state index in [1.807, 2.05) is 0 Å². The Kier molecular flexibility index (Phi) is 55.7. The number of unbranched alkanes of at least 4 members (excludes halogenated alkanes) is 29. The number of hydrogen-bond acceptors (Lipinski definition) is 15. The van der Waals surface area contributed by atoms with Crippen LogP contribution in [0, 0.1) is 23.7 Å². The lowest BCUT2D eigenvalue weighted by molar-refractivity contribution is -0.161. The quantitative estimate of drug-likeness (QED) is 0.0222. The molecule has 0 aliphatic heterocycles. The Balaban J connectivity index is 5.23. The number of aliphatic hydroxyl groups excluding tert-OH is 1. The number of aliphatic hydroxyl groups is 1. The van der Waals surface area contributed by atoms with Gasteiger partial charge in [-0.2, -0.15) is 0 Å². The van der Waals surface area contributed by atoms with Crippen molar-refractivity contribution < 1.29 is 80.2 Å². The SMILES string of the molecule is CCC(C)CCCCCCCCC(=O)OC[C@H](COP(=O)(O)OC[C@H](O)COP(=O)(O)OC[C@@H](COC(=O)CCCCCCCCCCCCCCC(C)C)OC(=O)CCCCCCCCCCCC(C)C)OC(=O)CCCCCCCCC(C)C. The van der Waals surface area contributed by atoms with Crippen LogP contribution in [0.15, 0.2) is 0 Å². The maximum absolute atomic E-state index is 13.0. The summed E-state index contributed by atoms with van der Waals surface area (Å²) in [5, 5.41) is 10.6. The lowest BCUT2D eigenvalue weighted by Gasteiger charge is -2.21. The third-order valence-electron chi connectivity index (χ3n) is 15.7. The molecule has 0 aromatic rings. The summed E-state index contributed by atoms with van der Waals surface area (Å²) in [6.45, 7) is 14.0. The van der Waals surface area contributed by atoms with Crippen LogP contribution in [0.5, 0.6) is 0 Å². The highest BCUT2D eigenvalue weighted by Crippen LogP contribution is 2.45. The van der Waals surface area contributed by atoms with Crippen LogP contribution in [-0.2, 0) is 65.4 Å². The number of carbonyl (C=O) groups excluding carboxylic acids is 4. The number of ether oxygens (including phenoxy) is 4. The molecule has 0 aliphatic carbocycles. The van der Waals surface area contributed by atoms with Gasteiger partial charge >= 0.3 is 39.5 Å². The van der Waals surface area contributed by atoms with Crippen molar-refractivity contribution in [3.8, 4) is 0 Å². The van der Waals surface area contributed by atoms with Crippen molar-refractivity contribution >= 4 is 39.5 Å². The van der Waals surface area contributed by atoms with E-state index >= 15 is 0 Å². The highest BCUT2D eigenvalue weighted by atomic mass is 31.2. The lowest BCUT2D eigenvalue weighted by atomic mass is 10.00. The highest BCUT2D eigenvalue weighted by molar-refractivity contribution is 7.47. The Hall–Kier alpha value is -1.94. The first kappa shape index (κ1) is 84.1. The first-order chi connectivity index (χ1) is 41.1. The summed E-state index contributed by atoms with van der Waals surface area (Å²) in [6, 6.07) is 0. The number of esters is 4. The molecule has 0 aromatic heterocycles. The smallest absolute Gasteiger partial charge is 0.462 e. The molecule has 0 saturated carbocycles. The largest absolute Gasteiger partial charge is 0.472 e. The first-order valence-corrected chi connectivity index (χ1v) is 37.7. The molecule has 0 aliphatic rings. The van der Waals surface area contributed by atoms with E-state index in [1.165, 1.54) is 122 Å². The minimum Gasteiger partial charge on any atom is -0.462 e. The van der Waals surface area contributed by atoms with Crippen LogP contribution in [0.1, 0.15) is 325 Å². The van der Waals surface area contributed by atoms with Gasteiger partial charge < -0.3 is 33.8 Å². The molecule has 0 bridgehead atoms. The van der Waals surface area contributed by atoms with Crippen molar-refractivity contribution in [2.24, 2.45) is 23.7 Å². The van der Waals surface area contributed by atoms with E-state index < -0.39 is 97.5 Å². The number of phosphoric acid groups is 2. The molecule has 86 heavy (non-hydrogen) atoms. The number of rotatable bonds is 64. The number of carbonyl (C=O) groups is 4. The van der Waals surface area contributed by atoms with Crippen molar-refractivity contribution in [2.75, 3.05) is 39.6 Å². The molecule has 3 N–H and O–H groups in total. The van der Waals surface area contributed by atoms with Crippen molar-refractivity contribution in [1.29, 1.82) is 0 Å². The van der Waals surface area contributed by atoms with E-state index in [2.05, 4.69) is 55.4 Å². The molecule has 0 rings (SSSR count). The molecule has 0 spiro atoms. The highest BCUT2D eigenvalue weighted by Gasteiger charge is 2.30. The van der Waals surface area contributed by atoms with E-state index in [1.54, 1.807) is 0 Å². The van der Waals surface area contributed by atoms with Crippen LogP contribution >= 0.6 is 15.6 Å². The predicted molar refractivity (Wildman–Crippen MR) is 344 cm³/mol. The van der Waals surface area contributed by atoms with Crippen molar-refractivity contribution in [2.45, 2.75) is 343 Å². The fourth-order valence-corrected chi connectivity index (χ4v) is 11.5. The summed E-state index contributed by atoms with van der Waals surface area (Å²) >= 11 is 0. The van der Waals surface area contributed by atoms with Gasteiger partial charge in [0.05, 0.1) is 26.4 Å². The Labute approximate surface area is 524 Å². The molecule has 0 heterocycles. The summed E-state index contributed by atoms with van der Waals surface area (Å²) < 4.78 is 68.1. The monoisotopic (exact) mass is 1270 g/mol. The van der Waals surface area contributed by atoms with Crippen LogP contribution in [0.3, 0.4) is 0 Å². The van der Waals surface area contributed by atoms with Gasteiger partial charge in [0, 0.05) is 25.7 Å². The van der Waals surface area contributed by atoms with Gasteiger partial charge in [0.15, 0.2) is 12.2 Å². The summed E-state index contributed by atoms with van der Waals surface area (Å²) in [5.74, 6) is 0.780. The zero-order valence-corrected chi connectivity index (χ0v) is 57.7. The summed E-state index contributed by atoms with van der Waals surface area (Å²) in [5.41, 5.74) is 0. The molecule has 3 unspecified atom stereocenters. The maximum atomic E-state index is 13.0. The Morgan fingerprint density at radius 3 is 0.826 bits per heavy atom. The van der Waals surface area contributed by atoms with E-state index in [-0.39, 0.29) is 25.7 Å². The Bertz CT molecular complexity index is 1720. The predicted octanol–water partition coefficient (Wildman–Crippen LogP) is 18.5.